The van der Waals surface area contributed by atoms with Crippen LogP contribution in [0.25, 0.3) is 0 Å². The lowest BCUT2D eigenvalue weighted by Crippen LogP contribution is -2.43. The molecule has 1 aliphatic heterocycles. The molecule has 0 unspecified atom stereocenters. The average molecular weight is 461 g/mol. The van der Waals surface area contributed by atoms with Crippen molar-refractivity contribution in [3.05, 3.63) is 46.6 Å². The largest absolute Gasteiger partial charge is 0.390 e. The van der Waals surface area contributed by atoms with Crippen molar-refractivity contribution in [3.8, 4) is 0 Å². The zero-order valence-corrected chi connectivity index (χ0v) is 22.8. The van der Waals surface area contributed by atoms with Crippen LogP contribution in [-0.2, 0) is 4.74 Å². The number of unbranched alkanes of at least 4 members (excludes halogenated alkanes) is 1. The molecule has 3 atom stereocenters. The summed E-state index contributed by atoms with van der Waals surface area (Å²) in [5.41, 5.74) is 4.28. The zero-order chi connectivity index (χ0) is 25.1. The summed E-state index contributed by atoms with van der Waals surface area (Å²) in [5, 5.41) is 20.9. The third kappa shape index (κ3) is 12.2. The van der Waals surface area contributed by atoms with Gasteiger partial charge in [-0.15, -0.1) is 0 Å². The summed E-state index contributed by atoms with van der Waals surface area (Å²) >= 11 is 0. The van der Waals surface area contributed by atoms with Crippen molar-refractivity contribution in [2.75, 3.05) is 0 Å². The molecule has 1 fully saturated rings. The van der Waals surface area contributed by atoms with Crippen LogP contribution in [0.5, 0.6) is 0 Å². The lowest BCUT2D eigenvalue weighted by Gasteiger charge is -2.33. The summed E-state index contributed by atoms with van der Waals surface area (Å²) in [7, 11) is 0. The first kappa shape index (κ1) is 29.9. The smallest absolute Gasteiger partial charge is 0.0918 e. The molecule has 3 nitrogen and oxygen atoms in total. The van der Waals surface area contributed by atoms with Gasteiger partial charge in [0.25, 0.3) is 0 Å². The fourth-order valence-corrected chi connectivity index (χ4v) is 4.37. The minimum atomic E-state index is -0.862. The second-order valence-corrected chi connectivity index (χ2v) is 11.3. The number of allylic oxidation sites excluding steroid dienone is 8. The molecular weight excluding hydrogens is 408 g/mol. The molecule has 0 spiro atoms. The molecule has 0 aromatic rings. The highest BCUT2D eigenvalue weighted by Crippen LogP contribution is 2.38. The standard InChI is InChI=1S/C30H52O3/c1-23(2)13-11-16-25(4)18-12-17-24(3)14-9-10-15-26(5)19-20-27(31)30(8)22-21-28(33-30)29(6,7)32/h13-15,18,27-28,31-32H,9-12,16-17,19-22H2,1-8H3/b24-14+,25-18+,26-15+/t27-,28+,30-/m0/s1. The van der Waals surface area contributed by atoms with Crippen molar-refractivity contribution >= 4 is 0 Å². The molecule has 0 aromatic carbocycles. The highest BCUT2D eigenvalue weighted by Gasteiger charge is 2.46. The van der Waals surface area contributed by atoms with Crippen LogP contribution >= 0.6 is 0 Å². The van der Waals surface area contributed by atoms with E-state index in [9.17, 15) is 10.2 Å². The van der Waals surface area contributed by atoms with Gasteiger partial charge < -0.3 is 14.9 Å². The number of hydrogen-bond donors (Lipinski definition) is 2. The normalized spacial score (nSPS) is 23.7. The number of hydrogen-bond acceptors (Lipinski definition) is 3. The number of aliphatic hydroxyl groups is 2. The van der Waals surface area contributed by atoms with Gasteiger partial charge in [-0.05, 0) is 120 Å². The van der Waals surface area contributed by atoms with Gasteiger partial charge in [0.15, 0.2) is 0 Å². The second-order valence-electron chi connectivity index (χ2n) is 11.3. The summed E-state index contributed by atoms with van der Waals surface area (Å²) < 4.78 is 6.07. The van der Waals surface area contributed by atoms with E-state index < -0.39 is 17.3 Å². The van der Waals surface area contributed by atoms with Crippen LogP contribution in [0, 0.1) is 0 Å². The molecule has 0 saturated carbocycles. The SMILES string of the molecule is CC(C)=CCC/C(C)=C/CC/C(C)=C/CC/C=C(\C)CC[C@H](O)[C@]1(C)CC[C@H](C(C)(C)O)O1. The Kier molecular flexibility index (Phi) is 12.9. The molecule has 1 saturated heterocycles. The van der Waals surface area contributed by atoms with Gasteiger partial charge in [0.05, 0.1) is 23.4 Å². The molecule has 1 rings (SSSR count). The molecule has 0 aromatic heterocycles. The Balaban J connectivity index is 2.31. The fraction of sp³-hybridized carbons (Fsp3) is 0.733. The fourth-order valence-electron chi connectivity index (χ4n) is 4.37. The Morgan fingerprint density at radius 2 is 1.36 bits per heavy atom. The van der Waals surface area contributed by atoms with E-state index in [-0.39, 0.29) is 6.10 Å². The van der Waals surface area contributed by atoms with Crippen LogP contribution in [0.4, 0.5) is 0 Å². The molecule has 1 aliphatic rings. The predicted molar refractivity (Wildman–Crippen MR) is 142 cm³/mol. The van der Waals surface area contributed by atoms with Gasteiger partial charge in [0.1, 0.15) is 0 Å². The maximum Gasteiger partial charge on any atom is 0.0918 e. The highest BCUT2D eigenvalue weighted by atomic mass is 16.5. The van der Waals surface area contributed by atoms with E-state index in [1.807, 2.05) is 6.92 Å². The Hall–Kier alpha value is -1.16. The maximum atomic E-state index is 10.7. The Morgan fingerprint density at radius 3 is 1.85 bits per heavy atom. The Morgan fingerprint density at radius 1 is 0.879 bits per heavy atom. The molecule has 0 radical (unpaired) electrons. The van der Waals surface area contributed by atoms with Gasteiger partial charge >= 0.3 is 0 Å². The van der Waals surface area contributed by atoms with Crippen LogP contribution in [-0.4, -0.2) is 33.6 Å². The van der Waals surface area contributed by atoms with Crippen molar-refractivity contribution < 1.29 is 14.9 Å². The van der Waals surface area contributed by atoms with Crippen LogP contribution in [0.1, 0.15) is 120 Å². The molecule has 0 aliphatic carbocycles. The quantitative estimate of drug-likeness (QED) is 0.204. The van der Waals surface area contributed by atoms with E-state index in [1.54, 1.807) is 13.8 Å². The third-order valence-electron chi connectivity index (χ3n) is 6.89. The van der Waals surface area contributed by atoms with E-state index >= 15 is 0 Å². The first-order valence-electron chi connectivity index (χ1n) is 13.0. The average Bonchev–Trinajstić information content (AvgIpc) is 3.13. The van der Waals surface area contributed by atoms with Crippen LogP contribution in [0.2, 0.25) is 0 Å². The lowest BCUT2D eigenvalue weighted by atomic mass is 9.90. The maximum absolute atomic E-state index is 10.7. The summed E-state index contributed by atoms with van der Waals surface area (Å²) in [4.78, 5) is 0. The van der Waals surface area contributed by atoms with Gasteiger partial charge in [-0.3, -0.25) is 0 Å². The summed E-state index contributed by atoms with van der Waals surface area (Å²) in [6, 6.07) is 0. The molecule has 1 heterocycles. The van der Waals surface area contributed by atoms with Gasteiger partial charge in [-0.2, -0.15) is 0 Å². The molecule has 3 heteroatoms. The van der Waals surface area contributed by atoms with Crippen LogP contribution in [0.3, 0.4) is 0 Å². The summed E-state index contributed by atoms with van der Waals surface area (Å²) in [6.07, 6.45) is 18.5. The lowest BCUT2D eigenvalue weighted by molar-refractivity contribution is -0.153. The summed E-state index contributed by atoms with van der Waals surface area (Å²) in [6.45, 7) is 16.5. The van der Waals surface area contributed by atoms with E-state index in [0.717, 1.165) is 57.8 Å². The van der Waals surface area contributed by atoms with Crippen molar-refractivity contribution in [1.29, 1.82) is 0 Å². The molecular formula is C30H52O3. The highest BCUT2D eigenvalue weighted by molar-refractivity contribution is 5.07. The van der Waals surface area contributed by atoms with Crippen molar-refractivity contribution in [2.24, 2.45) is 0 Å². The molecule has 33 heavy (non-hydrogen) atoms. The van der Waals surface area contributed by atoms with Crippen molar-refractivity contribution in [1.82, 2.24) is 0 Å². The first-order chi connectivity index (χ1) is 15.3. The molecule has 190 valence electrons. The van der Waals surface area contributed by atoms with Crippen LogP contribution < -0.4 is 0 Å². The first-order valence-corrected chi connectivity index (χ1v) is 13.0. The molecule has 2 N–H and O–H groups in total. The van der Waals surface area contributed by atoms with Gasteiger partial charge in [-0.25, -0.2) is 0 Å². The van der Waals surface area contributed by atoms with E-state index in [2.05, 4.69) is 58.9 Å². The van der Waals surface area contributed by atoms with Gasteiger partial charge in [0.2, 0.25) is 0 Å². The zero-order valence-electron chi connectivity index (χ0n) is 22.8. The van der Waals surface area contributed by atoms with E-state index in [4.69, 9.17) is 4.74 Å². The number of aliphatic hydroxyl groups excluding tert-OH is 1. The monoisotopic (exact) mass is 460 g/mol. The van der Waals surface area contributed by atoms with E-state index in [1.165, 1.54) is 22.3 Å². The predicted octanol–water partition coefficient (Wildman–Crippen LogP) is 7.98. The van der Waals surface area contributed by atoms with E-state index in [0.29, 0.717) is 6.42 Å². The second kappa shape index (κ2) is 14.3. The van der Waals surface area contributed by atoms with Gasteiger partial charge in [0, 0.05) is 0 Å². The number of ether oxygens (including phenoxy) is 1. The Labute approximate surface area is 204 Å². The Bertz CT molecular complexity index is 701. The van der Waals surface area contributed by atoms with Crippen molar-refractivity contribution in [2.45, 2.75) is 143 Å². The number of rotatable bonds is 14. The molecule has 0 amide bonds. The van der Waals surface area contributed by atoms with Gasteiger partial charge in [-0.1, -0.05) is 46.6 Å². The molecule has 0 bridgehead atoms. The third-order valence-corrected chi connectivity index (χ3v) is 6.89. The minimum Gasteiger partial charge on any atom is -0.390 e. The topological polar surface area (TPSA) is 49.7 Å². The minimum absolute atomic E-state index is 0.203. The van der Waals surface area contributed by atoms with Crippen LogP contribution in [0.15, 0.2) is 46.6 Å². The summed E-state index contributed by atoms with van der Waals surface area (Å²) in [5.74, 6) is 0. The van der Waals surface area contributed by atoms with Crippen molar-refractivity contribution in [3.63, 3.8) is 0 Å².